The summed E-state index contributed by atoms with van der Waals surface area (Å²) in [4.78, 5) is 32.9. The Bertz CT molecular complexity index is 338. The van der Waals surface area contributed by atoms with E-state index in [1.165, 1.54) is 6.92 Å². The van der Waals surface area contributed by atoms with Crippen molar-refractivity contribution in [3.8, 4) is 11.8 Å². The van der Waals surface area contributed by atoms with Gasteiger partial charge in [-0.25, -0.2) is 0 Å². The summed E-state index contributed by atoms with van der Waals surface area (Å²) in [6, 6.07) is -0.638. The van der Waals surface area contributed by atoms with Gasteiger partial charge in [0.25, 0.3) is 5.91 Å². The summed E-state index contributed by atoms with van der Waals surface area (Å²) in [6.45, 7) is 1.53. The van der Waals surface area contributed by atoms with Crippen molar-refractivity contribution < 1.29 is 14.4 Å². The minimum Gasteiger partial charge on any atom is -0.333 e. The van der Waals surface area contributed by atoms with Crippen molar-refractivity contribution in [2.75, 3.05) is 0 Å². The molecular weight excluding hydrogens is 184 g/mol. The molecule has 5 heteroatoms. The van der Waals surface area contributed by atoms with Gasteiger partial charge < -0.3 is 5.32 Å². The molecule has 0 saturated carbocycles. The quantitative estimate of drug-likeness (QED) is 0.412. The lowest BCUT2D eigenvalue weighted by Gasteiger charge is -2.20. The SMILES string of the molecule is CC#CC(=O)NC1CCC(=O)NC1=O. The fourth-order valence-electron chi connectivity index (χ4n) is 1.14. The highest BCUT2D eigenvalue weighted by Gasteiger charge is 2.27. The second-order valence-corrected chi connectivity index (χ2v) is 2.85. The molecule has 1 heterocycles. The van der Waals surface area contributed by atoms with Crippen LogP contribution in [0.25, 0.3) is 0 Å². The Balaban J connectivity index is 2.52. The van der Waals surface area contributed by atoms with Crippen LogP contribution >= 0.6 is 0 Å². The fourth-order valence-corrected chi connectivity index (χ4v) is 1.14. The molecule has 2 N–H and O–H groups in total. The summed E-state index contributed by atoms with van der Waals surface area (Å²) < 4.78 is 0. The molecule has 1 fully saturated rings. The molecule has 0 radical (unpaired) electrons. The molecule has 0 bridgehead atoms. The van der Waals surface area contributed by atoms with Crippen LogP contribution in [0.15, 0.2) is 0 Å². The number of rotatable bonds is 1. The van der Waals surface area contributed by atoms with Gasteiger partial charge >= 0.3 is 0 Å². The van der Waals surface area contributed by atoms with Crippen molar-refractivity contribution in [1.82, 2.24) is 10.6 Å². The maximum Gasteiger partial charge on any atom is 0.296 e. The molecular formula is C9H10N2O3. The van der Waals surface area contributed by atoms with Crippen LogP contribution in [0, 0.1) is 11.8 Å². The molecule has 0 aliphatic carbocycles. The predicted molar refractivity (Wildman–Crippen MR) is 47.8 cm³/mol. The first-order valence-corrected chi connectivity index (χ1v) is 4.20. The van der Waals surface area contributed by atoms with Gasteiger partial charge in [-0.2, -0.15) is 0 Å². The lowest BCUT2D eigenvalue weighted by Crippen LogP contribution is -2.52. The predicted octanol–water partition coefficient (Wildman–Crippen LogP) is -1.07. The number of nitrogens with one attached hydrogen (secondary N) is 2. The van der Waals surface area contributed by atoms with E-state index >= 15 is 0 Å². The molecule has 0 aromatic heterocycles. The summed E-state index contributed by atoms with van der Waals surface area (Å²) in [5, 5.41) is 4.55. The van der Waals surface area contributed by atoms with Gasteiger partial charge in [-0.15, -0.1) is 0 Å². The van der Waals surface area contributed by atoms with Gasteiger partial charge in [0, 0.05) is 6.42 Å². The standard InChI is InChI=1S/C9H10N2O3/c1-2-3-7(12)10-6-4-5-8(13)11-9(6)14/h6H,4-5H2,1H3,(H,10,12)(H,11,13,14). The third kappa shape index (κ3) is 2.59. The maximum atomic E-state index is 11.1. The van der Waals surface area contributed by atoms with E-state index < -0.39 is 17.9 Å². The highest BCUT2D eigenvalue weighted by Crippen LogP contribution is 2.03. The van der Waals surface area contributed by atoms with Crippen molar-refractivity contribution in [2.24, 2.45) is 0 Å². The molecule has 1 aliphatic rings. The topological polar surface area (TPSA) is 75.3 Å². The van der Waals surface area contributed by atoms with E-state index in [9.17, 15) is 14.4 Å². The molecule has 3 amide bonds. The molecule has 1 rings (SSSR count). The Hall–Kier alpha value is -1.83. The van der Waals surface area contributed by atoms with Gasteiger partial charge in [-0.3, -0.25) is 19.7 Å². The van der Waals surface area contributed by atoms with E-state index in [2.05, 4.69) is 22.5 Å². The summed E-state index contributed by atoms with van der Waals surface area (Å²) in [5.74, 6) is 3.41. The summed E-state index contributed by atoms with van der Waals surface area (Å²) in [6.07, 6.45) is 0.581. The van der Waals surface area contributed by atoms with Gasteiger partial charge in [0.2, 0.25) is 11.8 Å². The van der Waals surface area contributed by atoms with E-state index in [1.54, 1.807) is 0 Å². The van der Waals surface area contributed by atoms with Crippen molar-refractivity contribution in [1.29, 1.82) is 0 Å². The summed E-state index contributed by atoms with van der Waals surface area (Å²) in [7, 11) is 0. The monoisotopic (exact) mass is 194 g/mol. The largest absolute Gasteiger partial charge is 0.333 e. The van der Waals surface area contributed by atoms with Crippen molar-refractivity contribution in [3.63, 3.8) is 0 Å². The van der Waals surface area contributed by atoms with Crippen molar-refractivity contribution in [2.45, 2.75) is 25.8 Å². The van der Waals surface area contributed by atoms with Gasteiger partial charge in [0.15, 0.2) is 0 Å². The lowest BCUT2D eigenvalue weighted by atomic mass is 10.1. The van der Waals surface area contributed by atoms with E-state index in [1.807, 2.05) is 0 Å². The number of hydrogen-bond acceptors (Lipinski definition) is 3. The molecule has 1 unspecified atom stereocenters. The molecule has 1 saturated heterocycles. The van der Waals surface area contributed by atoms with E-state index in [0.29, 0.717) is 6.42 Å². The van der Waals surface area contributed by atoms with Crippen LogP contribution in [0.3, 0.4) is 0 Å². The zero-order valence-electron chi connectivity index (χ0n) is 7.72. The number of imide groups is 1. The van der Waals surface area contributed by atoms with E-state index in [4.69, 9.17) is 0 Å². The number of piperidine rings is 1. The van der Waals surface area contributed by atoms with Crippen molar-refractivity contribution >= 4 is 17.7 Å². The van der Waals surface area contributed by atoms with Crippen LogP contribution in [0.4, 0.5) is 0 Å². The van der Waals surface area contributed by atoms with Gasteiger partial charge in [0.1, 0.15) is 6.04 Å². The minimum atomic E-state index is -0.638. The molecule has 1 atom stereocenters. The first kappa shape index (κ1) is 10.3. The van der Waals surface area contributed by atoms with Crippen molar-refractivity contribution in [3.05, 3.63) is 0 Å². The second-order valence-electron chi connectivity index (χ2n) is 2.85. The normalized spacial score (nSPS) is 20.5. The Morgan fingerprint density at radius 1 is 1.57 bits per heavy atom. The van der Waals surface area contributed by atoms with E-state index in [-0.39, 0.29) is 12.3 Å². The average Bonchev–Trinajstić information content (AvgIpc) is 2.10. The highest BCUT2D eigenvalue weighted by molar-refractivity contribution is 6.03. The minimum absolute atomic E-state index is 0.246. The Kier molecular flexibility index (Phi) is 3.24. The molecule has 14 heavy (non-hydrogen) atoms. The summed E-state index contributed by atoms with van der Waals surface area (Å²) >= 11 is 0. The fraction of sp³-hybridized carbons (Fsp3) is 0.444. The summed E-state index contributed by atoms with van der Waals surface area (Å²) in [5.41, 5.74) is 0. The van der Waals surface area contributed by atoms with Crippen LogP contribution in [-0.4, -0.2) is 23.8 Å². The zero-order chi connectivity index (χ0) is 10.6. The molecule has 1 aliphatic heterocycles. The third-order valence-electron chi connectivity index (χ3n) is 1.78. The van der Waals surface area contributed by atoms with Gasteiger partial charge in [0.05, 0.1) is 0 Å². The molecule has 0 spiro atoms. The molecule has 0 aromatic rings. The van der Waals surface area contributed by atoms with Crippen LogP contribution < -0.4 is 10.6 Å². The Morgan fingerprint density at radius 2 is 2.29 bits per heavy atom. The smallest absolute Gasteiger partial charge is 0.296 e. The number of carbonyl (C=O) groups is 3. The second kappa shape index (κ2) is 4.42. The van der Waals surface area contributed by atoms with Crippen LogP contribution in [0.1, 0.15) is 19.8 Å². The zero-order valence-corrected chi connectivity index (χ0v) is 7.72. The number of carbonyl (C=O) groups excluding carboxylic acids is 3. The first-order chi connectivity index (χ1) is 6.63. The Morgan fingerprint density at radius 3 is 2.86 bits per heavy atom. The van der Waals surface area contributed by atoms with Crippen LogP contribution in [0.5, 0.6) is 0 Å². The number of amides is 3. The Labute approximate surface area is 81.2 Å². The third-order valence-corrected chi connectivity index (χ3v) is 1.78. The van der Waals surface area contributed by atoms with E-state index in [0.717, 1.165) is 0 Å². The van der Waals surface area contributed by atoms with Crippen LogP contribution in [0.2, 0.25) is 0 Å². The maximum absolute atomic E-state index is 11.1. The van der Waals surface area contributed by atoms with Gasteiger partial charge in [-0.05, 0) is 19.3 Å². The number of hydrogen-bond donors (Lipinski definition) is 2. The van der Waals surface area contributed by atoms with Crippen LogP contribution in [-0.2, 0) is 14.4 Å². The first-order valence-electron chi connectivity index (χ1n) is 4.20. The van der Waals surface area contributed by atoms with Gasteiger partial charge in [-0.1, -0.05) is 5.92 Å². The average molecular weight is 194 g/mol. The highest BCUT2D eigenvalue weighted by atomic mass is 16.2. The molecule has 5 nitrogen and oxygen atoms in total. The molecule has 0 aromatic carbocycles. The molecule has 74 valence electrons. The lowest BCUT2D eigenvalue weighted by molar-refractivity contribution is -0.136.